The second-order valence-electron chi connectivity index (χ2n) is 8.08. The molecule has 9 nitrogen and oxygen atoms in total. The summed E-state index contributed by atoms with van der Waals surface area (Å²) < 4.78 is 6.62. The monoisotopic (exact) mass is 489 g/mol. The molecule has 2 aromatic carbocycles. The number of rotatable bonds is 8. The number of hydrogen-bond donors (Lipinski definition) is 3. The summed E-state index contributed by atoms with van der Waals surface area (Å²) >= 11 is 1.67. The molecule has 0 saturated carbocycles. The maximum absolute atomic E-state index is 12.9. The summed E-state index contributed by atoms with van der Waals surface area (Å²) in [5.41, 5.74) is 3.66. The molecule has 0 radical (unpaired) electrons. The third-order valence-electron chi connectivity index (χ3n) is 5.83. The highest BCUT2D eigenvalue weighted by molar-refractivity contribution is 7.98. The Morgan fingerprint density at radius 2 is 1.91 bits per heavy atom. The van der Waals surface area contributed by atoms with Crippen molar-refractivity contribution >= 4 is 46.1 Å². The van der Waals surface area contributed by atoms with E-state index < -0.39 is 11.7 Å². The lowest BCUT2D eigenvalue weighted by Gasteiger charge is -2.11. The van der Waals surface area contributed by atoms with E-state index in [0.29, 0.717) is 34.8 Å². The van der Waals surface area contributed by atoms with Gasteiger partial charge in [0.05, 0.1) is 18.4 Å². The molecule has 10 heteroatoms. The van der Waals surface area contributed by atoms with Crippen molar-refractivity contribution in [1.82, 2.24) is 20.1 Å². The van der Waals surface area contributed by atoms with Crippen molar-refractivity contribution < 1.29 is 19.1 Å². The first kappa shape index (κ1) is 22.7. The summed E-state index contributed by atoms with van der Waals surface area (Å²) in [6.45, 7) is 0.269. The van der Waals surface area contributed by atoms with Crippen molar-refractivity contribution in [3.05, 3.63) is 77.1 Å². The zero-order valence-corrected chi connectivity index (χ0v) is 19.8. The maximum atomic E-state index is 12.9. The molecule has 35 heavy (non-hydrogen) atoms. The molecular weight excluding hydrogens is 466 g/mol. The van der Waals surface area contributed by atoms with Crippen LogP contribution in [0.4, 0.5) is 5.82 Å². The molecule has 0 saturated heterocycles. The number of aromatic amines is 1. The highest BCUT2D eigenvalue weighted by Gasteiger charge is 2.27. The Hall–Kier alpha value is -4.05. The van der Waals surface area contributed by atoms with Crippen LogP contribution in [0.1, 0.15) is 27.2 Å². The zero-order valence-electron chi connectivity index (χ0n) is 19.0. The number of fused-ring (bicyclic) bond motifs is 2. The fraction of sp³-hybridized carbons (Fsp3) is 0.200. The van der Waals surface area contributed by atoms with Crippen molar-refractivity contribution in [1.29, 1.82) is 0 Å². The van der Waals surface area contributed by atoms with Gasteiger partial charge in [-0.05, 0) is 23.8 Å². The Morgan fingerprint density at radius 3 is 2.71 bits per heavy atom. The highest BCUT2D eigenvalue weighted by atomic mass is 32.2. The molecule has 4 aromatic rings. The van der Waals surface area contributed by atoms with Gasteiger partial charge in [-0.1, -0.05) is 30.3 Å². The number of carbonyl (C=O) groups excluding carboxylic acids is 3. The molecule has 0 atom stereocenters. The number of methoxy groups -OCH3 is 1. The van der Waals surface area contributed by atoms with Crippen molar-refractivity contribution in [2.75, 3.05) is 12.4 Å². The van der Waals surface area contributed by atoms with Gasteiger partial charge in [0.1, 0.15) is 18.1 Å². The van der Waals surface area contributed by atoms with Gasteiger partial charge in [0.2, 0.25) is 5.91 Å². The summed E-state index contributed by atoms with van der Waals surface area (Å²) in [6.07, 6.45) is 1.54. The third kappa shape index (κ3) is 4.65. The SMILES string of the molecule is COc1ccc(CNC(=O)Cn2nc3c(c2NC(=O)C(=O)c2c[nH]c4ccccc24)CSC3)cc1. The topological polar surface area (TPSA) is 118 Å². The standard InChI is InChI=1S/C25H23N5O4S/c1-34-16-8-6-15(7-9-16)10-27-22(31)12-30-24(19-13-35-14-21(19)29-30)28-25(33)23(32)18-11-26-20-5-3-2-4-17(18)20/h2-9,11,26H,10,12-14H2,1H3,(H,27,31)(H,28,33). The summed E-state index contributed by atoms with van der Waals surface area (Å²) in [5, 5.41) is 10.8. The number of Topliss-reactive ketones (excluding diaryl/α,β-unsaturated/α-hetero) is 1. The number of thioether (sulfide) groups is 1. The van der Waals surface area contributed by atoms with E-state index in [4.69, 9.17) is 4.74 Å². The fourth-order valence-electron chi connectivity index (χ4n) is 4.00. The van der Waals surface area contributed by atoms with E-state index in [1.54, 1.807) is 24.9 Å². The van der Waals surface area contributed by atoms with Gasteiger partial charge in [-0.25, -0.2) is 4.68 Å². The van der Waals surface area contributed by atoms with Crippen LogP contribution in [0.5, 0.6) is 5.75 Å². The van der Waals surface area contributed by atoms with Crippen LogP contribution in [0.15, 0.2) is 54.7 Å². The number of H-pyrrole nitrogens is 1. The molecular formula is C25H23N5O4S. The van der Waals surface area contributed by atoms with Crippen molar-refractivity contribution in [2.45, 2.75) is 24.6 Å². The molecule has 0 unspecified atom stereocenters. The van der Waals surface area contributed by atoms with Gasteiger partial charge in [-0.3, -0.25) is 14.4 Å². The van der Waals surface area contributed by atoms with E-state index in [1.165, 1.54) is 10.9 Å². The molecule has 3 N–H and O–H groups in total. The highest BCUT2D eigenvalue weighted by Crippen LogP contribution is 2.34. The molecule has 0 aliphatic carbocycles. The number of benzene rings is 2. The first-order valence-electron chi connectivity index (χ1n) is 11.0. The molecule has 0 spiro atoms. The quantitative estimate of drug-likeness (QED) is 0.258. The van der Waals surface area contributed by atoms with Crippen LogP contribution in [0.2, 0.25) is 0 Å². The van der Waals surface area contributed by atoms with E-state index in [-0.39, 0.29) is 12.5 Å². The average Bonchev–Trinajstić information content (AvgIpc) is 3.59. The molecule has 2 amide bonds. The average molecular weight is 490 g/mol. The summed E-state index contributed by atoms with van der Waals surface area (Å²) in [6, 6.07) is 14.7. The Labute approximate surface area is 205 Å². The molecule has 1 aliphatic heterocycles. The number of anilines is 1. The van der Waals surface area contributed by atoms with Gasteiger partial charge < -0.3 is 20.4 Å². The number of para-hydroxylation sites is 1. The maximum Gasteiger partial charge on any atom is 0.298 e. The molecule has 5 rings (SSSR count). The Bertz CT molecular complexity index is 1420. The number of amides is 2. The van der Waals surface area contributed by atoms with Crippen molar-refractivity contribution in [2.24, 2.45) is 0 Å². The van der Waals surface area contributed by atoms with E-state index in [9.17, 15) is 14.4 Å². The number of carbonyl (C=O) groups is 3. The lowest BCUT2D eigenvalue weighted by molar-refractivity contribution is -0.122. The normalized spacial score (nSPS) is 12.4. The van der Waals surface area contributed by atoms with Gasteiger partial charge in [-0.2, -0.15) is 16.9 Å². The predicted molar refractivity (Wildman–Crippen MR) is 133 cm³/mol. The largest absolute Gasteiger partial charge is 0.497 e. The summed E-state index contributed by atoms with van der Waals surface area (Å²) in [7, 11) is 1.60. The van der Waals surface area contributed by atoms with E-state index in [2.05, 4.69) is 20.7 Å². The van der Waals surface area contributed by atoms with Crippen LogP contribution in [0, 0.1) is 0 Å². The number of nitrogens with one attached hydrogen (secondary N) is 3. The smallest absolute Gasteiger partial charge is 0.298 e. The van der Waals surface area contributed by atoms with E-state index in [0.717, 1.165) is 28.1 Å². The Morgan fingerprint density at radius 1 is 1.11 bits per heavy atom. The van der Waals surface area contributed by atoms with Gasteiger partial charge in [0, 0.05) is 40.7 Å². The minimum absolute atomic E-state index is 0.0787. The Kier molecular flexibility index (Phi) is 6.28. The first-order valence-corrected chi connectivity index (χ1v) is 12.2. The number of ketones is 1. The molecule has 2 aromatic heterocycles. The van der Waals surface area contributed by atoms with Gasteiger partial charge in [0.15, 0.2) is 0 Å². The molecule has 0 fully saturated rings. The van der Waals surface area contributed by atoms with Gasteiger partial charge >= 0.3 is 0 Å². The van der Waals surface area contributed by atoms with Gasteiger partial charge in [0.25, 0.3) is 11.7 Å². The number of nitrogens with zero attached hydrogens (tertiary/aromatic N) is 2. The van der Waals surface area contributed by atoms with Crippen LogP contribution < -0.4 is 15.4 Å². The zero-order chi connectivity index (χ0) is 24.4. The minimum atomic E-state index is -0.769. The van der Waals surface area contributed by atoms with Crippen LogP contribution in [-0.4, -0.2) is 39.5 Å². The van der Waals surface area contributed by atoms with E-state index >= 15 is 0 Å². The lowest BCUT2D eigenvalue weighted by atomic mass is 10.1. The van der Waals surface area contributed by atoms with Crippen molar-refractivity contribution in [3.8, 4) is 5.75 Å². The van der Waals surface area contributed by atoms with Crippen LogP contribution in [-0.2, 0) is 34.2 Å². The molecule has 3 heterocycles. The molecule has 0 bridgehead atoms. The number of aromatic nitrogens is 3. The van der Waals surface area contributed by atoms with E-state index in [1.807, 2.05) is 42.5 Å². The minimum Gasteiger partial charge on any atom is -0.497 e. The second-order valence-corrected chi connectivity index (χ2v) is 9.07. The lowest BCUT2D eigenvalue weighted by Crippen LogP contribution is -2.30. The van der Waals surface area contributed by atoms with Crippen LogP contribution in [0.3, 0.4) is 0 Å². The molecule has 1 aliphatic rings. The molecule has 178 valence electrons. The Balaban J connectivity index is 1.30. The second kappa shape index (κ2) is 9.67. The van der Waals surface area contributed by atoms with Crippen LogP contribution in [0.25, 0.3) is 10.9 Å². The van der Waals surface area contributed by atoms with Crippen LogP contribution >= 0.6 is 11.8 Å². The predicted octanol–water partition coefficient (Wildman–Crippen LogP) is 3.26. The first-order chi connectivity index (χ1) is 17.0. The fourth-order valence-corrected chi connectivity index (χ4v) is 5.04. The number of hydrogen-bond acceptors (Lipinski definition) is 6. The third-order valence-corrected chi connectivity index (χ3v) is 6.80. The van der Waals surface area contributed by atoms with Crippen molar-refractivity contribution in [3.63, 3.8) is 0 Å². The summed E-state index contributed by atoms with van der Waals surface area (Å²) in [4.78, 5) is 41.5. The number of ether oxygens (including phenoxy) is 1. The summed E-state index contributed by atoms with van der Waals surface area (Å²) in [5.74, 6) is 0.796. The van der Waals surface area contributed by atoms with Gasteiger partial charge in [-0.15, -0.1) is 0 Å².